The lowest BCUT2D eigenvalue weighted by Crippen LogP contribution is -1.83. The van der Waals surface area contributed by atoms with E-state index in [2.05, 4.69) is 121 Å². The van der Waals surface area contributed by atoms with Crippen LogP contribution in [0, 0.1) is 0 Å². The van der Waals surface area contributed by atoms with E-state index in [0.29, 0.717) is 0 Å². The number of para-hydroxylation sites is 1. The lowest BCUT2D eigenvalue weighted by atomic mass is 9.97. The van der Waals surface area contributed by atoms with Crippen LogP contribution in [0.1, 0.15) is 0 Å². The molecule has 0 saturated carbocycles. The number of aromatic nitrogens is 1. The molecule has 33 heavy (non-hydrogen) atoms. The molecule has 6 rings (SSSR count). The molecule has 0 saturated heterocycles. The second-order valence-electron chi connectivity index (χ2n) is 8.09. The number of nitrogens with zero attached hydrogens (tertiary/aromatic N) is 1. The van der Waals surface area contributed by atoms with Crippen LogP contribution in [0.25, 0.3) is 54.2 Å². The molecule has 0 N–H and O–H groups in total. The van der Waals surface area contributed by atoms with Crippen LogP contribution in [0.15, 0.2) is 127 Å². The van der Waals surface area contributed by atoms with Gasteiger partial charge in [0.1, 0.15) is 5.01 Å². The molecule has 0 spiro atoms. The summed E-state index contributed by atoms with van der Waals surface area (Å²) in [6.07, 6.45) is 0. The Labute approximate surface area is 197 Å². The Bertz CT molecular complexity index is 1500. The normalized spacial score (nSPS) is 11.0. The molecule has 6 aromatic rings. The molecule has 1 nitrogen and oxygen atoms in total. The predicted octanol–water partition coefficient (Wildman–Crippen LogP) is 8.96. The molecule has 0 aliphatic rings. The average molecular weight is 440 g/mol. The van der Waals surface area contributed by atoms with E-state index in [1.165, 1.54) is 38.1 Å². The molecule has 1 aromatic heterocycles. The second-order valence-corrected chi connectivity index (χ2v) is 9.12. The van der Waals surface area contributed by atoms with E-state index in [4.69, 9.17) is 4.98 Å². The van der Waals surface area contributed by atoms with Gasteiger partial charge in [-0.25, -0.2) is 4.98 Å². The molecular formula is C31H21NS. The van der Waals surface area contributed by atoms with Crippen LogP contribution in [0.4, 0.5) is 0 Å². The summed E-state index contributed by atoms with van der Waals surface area (Å²) in [6, 6.07) is 45.1. The van der Waals surface area contributed by atoms with Crippen molar-refractivity contribution in [3.05, 3.63) is 127 Å². The van der Waals surface area contributed by atoms with Crippen LogP contribution in [0.3, 0.4) is 0 Å². The first-order chi connectivity index (χ1) is 16.3. The van der Waals surface area contributed by atoms with E-state index in [-0.39, 0.29) is 0 Å². The highest BCUT2D eigenvalue weighted by Gasteiger charge is 2.07. The van der Waals surface area contributed by atoms with Crippen molar-refractivity contribution in [3.8, 4) is 44.0 Å². The number of thiazole rings is 1. The largest absolute Gasteiger partial charge is 0.236 e. The predicted molar refractivity (Wildman–Crippen MR) is 141 cm³/mol. The zero-order valence-corrected chi connectivity index (χ0v) is 18.8. The molecule has 0 fully saturated rings. The molecule has 0 bridgehead atoms. The minimum Gasteiger partial charge on any atom is -0.236 e. The molecule has 1 heterocycles. The maximum Gasteiger partial charge on any atom is 0.124 e. The lowest BCUT2D eigenvalue weighted by Gasteiger charge is -2.08. The number of benzene rings is 5. The molecular weight excluding hydrogens is 418 g/mol. The Hall–Kier alpha value is -4.01. The van der Waals surface area contributed by atoms with Crippen LogP contribution in [-0.2, 0) is 0 Å². The van der Waals surface area contributed by atoms with Gasteiger partial charge in [0.2, 0.25) is 0 Å². The standard InChI is InChI=1S/C31H21NS/c1-2-7-22(8-3-1)23-13-15-24(16-14-23)27-9-6-10-28(21-27)25-17-19-26(20-18-25)31-32-29-11-4-5-12-30(29)33-31/h1-21H. The Morgan fingerprint density at radius 3 is 1.52 bits per heavy atom. The van der Waals surface area contributed by atoms with E-state index < -0.39 is 0 Å². The highest BCUT2D eigenvalue weighted by atomic mass is 32.1. The third-order valence-electron chi connectivity index (χ3n) is 5.95. The number of hydrogen-bond donors (Lipinski definition) is 0. The van der Waals surface area contributed by atoms with Gasteiger partial charge < -0.3 is 0 Å². The van der Waals surface area contributed by atoms with E-state index in [9.17, 15) is 0 Å². The smallest absolute Gasteiger partial charge is 0.124 e. The Balaban J connectivity index is 1.27. The van der Waals surface area contributed by atoms with Crippen LogP contribution in [-0.4, -0.2) is 4.98 Å². The Morgan fingerprint density at radius 1 is 0.394 bits per heavy atom. The van der Waals surface area contributed by atoms with Crippen molar-refractivity contribution in [3.63, 3.8) is 0 Å². The van der Waals surface area contributed by atoms with Gasteiger partial charge in [0.15, 0.2) is 0 Å². The lowest BCUT2D eigenvalue weighted by molar-refractivity contribution is 1.47. The van der Waals surface area contributed by atoms with Crippen molar-refractivity contribution in [2.45, 2.75) is 0 Å². The average Bonchev–Trinajstić information content (AvgIpc) is 3.34. The molecule has 0 aliphatic carbocycles. The third-order valence-corrected chi connectivity index (χ3v) is 7.03. The first-order valence-electron chi connectivity index (χ1n) is 11.1. The van der Waals surface area contributed by atoms with E-state index in [1.54, 1.807) is 11.3 Å². The molecule has 0 atom stereocenters. The fourth-order valence-electron chi connectivity index (χ4n) is 4.16. The summed E-state index contributed by atoms with van der Waals surface area (Å²) in [5.41, 5.74) is 9.58. The minimum atomic E-state index is 1.06. The summed E-state index contributed by atoms with van der Waals surface area (Å²) in [4.78, 5) is 4.79. The van der Waals surface area contributed by atoms with E-state index >= 15 is 0 Å². The summed E-state index contributed by atoms with van der Waals surface area (Å²) in [5.74, 6) is 0. The van der Waals surface area contributed by atoms with E-state index in [1.807, 2.05) is 6.07 Å². The molecule has 156 valence electrons. The van der Waals surface area contributed by atoms with Crippen molar-refractivity contribution >= 4 is 21.6 Å². The third kappa shape index (κ3) is 3.97. The summed E-state index contributed by atoms with van der Waals surface area (Å²) in [6.45, 7) is 0. The quantitative estimate of drug-likeness (QED) is 0.267. The first-order valence-corrected chi connectivity index (χ1v) is 11.9. The molecule has 0 radical (unpaired) electrons. The summed E-state index contributed by atoms with van der Waals surface area (Å²) < 4.78 is 1.22. The van der Waals surface area contributed by atoms with Gasteiger partial charge in [0.25, 0.3) is 0 Å². The molecule has 2 heteroatoms. The molecule has 0 unspecified atom stereocenters. The minimum absolute atomic E-state index is 1.06. The molecule has 5 aromatic carbocycles. The zero-order valence-electron chi connectivity index (χ0n) is 18.0. The maximum atomic E-state index is 4.79. The van der Waals surface area contributed by atoms with Crippen LogP contribution >= 0.6 is 11.3 Å². The SMILES string of the molecule is c1ccc(-c2ccc(-c3cccc(-c4ccc(-c5nc6ccccc6s5)cc4)c3)cc2)cc1. The van der Waals surface area contributed by atoms with Gasteiger partial charge >= 0.3 is 0 Å². The summed E-state index contributed by atoms with van der Waals surface area (Å²) in [5, 5.41) is 1.06. The Morgan fingerprint density at radius 2 is 0.879 bits per heavy atom. The number of hydrogen-bond acceptors (Lipinski definition) is 2. The summed E-state index contributed by atoms with van der Waals surface area (Å²) in [7, 11) is 0. The second kappa shape index (κ2) is 8.50. The fraction of sp³-hybridized carbons (Fsp3) is 0. The van der Waals surface area contributed by atoms with Crippen molar-refractivity contribution in [1.29, 1.82) is 0 Å². The van der Waals surface area contributed by atoms with Crippen molar-refractivity contribution in [2.24, 2.45) is 0 Å². The topological polar surface area (TPSA) is 12.9 Å². The van der Waals surface area contributed by atoms with Crippen molar-refractivity contribution < 1.29 is 0 Å². The van der Waals surface area contributed by atoms with Crippen molar-refractivity contribution in [1.82, 2.24) is 4.98 Å². The molecule has 0 aliphatic heterocycles. The zero-order chi connectivity index (χ0) is 22.0. The van der Waals surface area contributed by atoms with Gasteiger partial charge in [-0.2, -0.15) is 0 Å². The van der Waals surface area contributed by atoms with Crippen molar-refractivity contribution in [2.75, 3.05) is 0 Å². The van der Waals surface area contributed by atoms with E-state index in [0.717, 1.165) is 16.1 Å². The van der Waals surface area contributed by atoms with Gasteiger partial charge in [0.05, 0.1) is 10.2 Å². The summed E-state index contributed by atoms with van der Waals surface area (Å²) >= 11 is 1.74. The monoisotopic (exact) mass is 439 g/mol. The van der Waals surface area contributed by atoms with Gasteiger partial charge in [0, 0.05) is 5.56 Å². The molecule has 0 amide bonds. The van der Waals surface area contributed by atoms with Gasteiger partial charge in [-0.3, -0.25) is 0 Å². The fourth-order valence-corrected chi connectivity index (χ4v) is 5.14. The Kier molecular flexibility index (Phi) is 5.06. The number of rotatable bonds is 4. The first kappa shape index (κ1) is 19.7. The van der Waals surface area contributed by atoms with Gasteiger partial charge in [-0.05, 0) is 51.6 Å². The van der Waals surface area contributed by atoms with Crippen LogP contribution < -0.4 is 0 Å². The number of fused-ring (bicyclic) bond motifs is 1. The van der Waals surface area contributed by atoms with Gasteiger partial charge in [-0.15, -0.1) is 11.3 Å². The highest BCUT2D eigenvalue weighted by Crippen LogP contribution is 2.33. The maximum absolute atomic E-state index is 4.79. The van der Waals surface area contributed by atoms with Crippen LogP contribution in [0.5, 0.6) is 0 Å². The van der Waals surface area contributed by atoms with Gasteiger partial charge in [-0.1, -0.05) is 109 Å². The van der Waals surface area contributed by atoms with Crippen LogP contribution in [0.2, 0.25) is 0 Å². The highest BCUT2D eigenvalue weighted by molar-refractivity contribution is 7.21.